The second-order valence-corrected chi connectivity index (χ2v) is 8.39. The molecular weight excluding hydrogens is 427 g/mol. The van der Waals surface area contributed by atoms with Crippen LogP contribution in [-0.4, -0.2) is 36.3 Å². The molecule has 0 amide bonds. The Morgan fingerprint density at radius 2 is 1.91 bits per heavy atom. The van der Waals surface area contributed by atoms with E-state index in [1.165, 1.54) is 18.2 Å². The van der Waals surface area contributed by atoms with Crippen molar-refractivity contribution in [2.75, 3.05) is 26.2 Å². The third-order valence-corrected chi connectivity index (χ3v) is 6.37. The van der Waals surface area contributed by atoms with Crippen molar-refractivity contribution in [3.63, 3.8) is 0 Å². The lowest BCUT2D eigenvalue weighted by molar-refractivity contribution is 0.172. The fourth-order valence-corrected chi connectivity index (χ4v) is 4.67. The van der Waals surface area contributed by atoms with Gasteiger partial charge in [0.05, 0.1) is 12.0 Å². The van der Waals surface area contributed by atoms with E-state index >= 15 is 0 Å². The number of fused-ring (bicyclic) bond motifs is 3. The number of rotatable bonds is 5. The molecule has 0 aliphatic carbocycles. The zero-order valence-corrected chi connectivity index (χ0v) is 17.8. The number of nitrogens with zero attached hydrogens (tertiary/aromatic N) is 2. The maximum absolute atomic E-state index is 13.4. The molecule has 3 aromatic heterocycles. The molecular formula is C25H21FN2O5. The molecule has 7 nitrogen and oxygen atoms in total. The molecule has 8 heteroatoms. The van der Waals surface area contributed by atoms with Crippen LogP contribution in [0.5, 0.6) is 5.75 Å². The van der Waals surface area contributed by atoms with Crippen LogP contribution in [0, 0.1) is 5.82 Å². The largest absolute Gasteiger partial charge is 0.485 e. The second kappa shape index (κ2) is 8.04. The number of aromatic nitrogens is 1. The molecule has 0 spiro atoms. The molecule has 1 fully saturated rings. The first-order valence-corrected chi connectivity index (χ1v) is 11.0. The minimum atomic E-state index is -0.427. The SMILES string of the molecule is O=c1ccc2cc3ccoc3c(OCCN3CCC(c4noc5cc(F)ccc45)CC3)c2o1. The summed E-state index contributed by atoms with van der Waals surface area (Å²) in [6.07, 6.45) is 3.47. The molecule has 33 heavy (non-hydrogen) atoms. The summed E-state index contributed by atoms with van der Waals surface area (Å²) in [5.41, 5.74) is 1.95. The Bertz CT molecular complexity index is 1510. The van der Waals surface area contributed by atoms with Crippen LogP contribution < -0.4 is 10.4 Å². The monoisotopic (exact) mass is 448 g/mol. The van der Waals surface area contributed by atoms with Gasteiger partial charge >= 0.3 is 5.63 Å². The van der Waals surface area contributed by atoms with Crippen molar-refractivity contribution < 1.29 is 22.5 Å². The van der Waals surface area contributed by atoms with Gasteiger partial charge in [-0.25, -0.2) is 9.18 Å². The van der Waals surface area contributed by atoms with E-state index in [1.807, 2.05) is 12.1 Å². The summed E-state index contributed by atoms with van der Waals surface area (Å²) >= 11 is 0. The fraction of sp³-hybridized carbons (Fsp3) is 0.280. The van der Waals surface area contributed by atoms with Crippen LogP contribution in [0.25, 0.3) is 32.9 Å². The van der Waals surface area contributed by atoms with E-state index in [4.69, 9.17) is 18.1 Å². The zero-order valence-electron chi connectivity index (χ0n) is 17.8. The number of likely N-dealkylation sites (tertiary alicyclic amines) is 1. The Kier molecular flexibility index (Phi) is 4.87. The Morgan fingerprint density at radius 3 is 2.79 bits per heavy atom. The quantitative estimate of drug-likeness (QED) is 0.347. The zero-order chi connectivity index (χ0) is 22.4. The first-order chi connectivity index (χ1) is 16.2. The average Bonchev–Trinajstić information content (AvgIpc) is 3.46. The van der Waals surface area contributed by atoms with Gasteiger partial charge in [-0.1, -0.05) is 5.16 Å². The first-order valence-electron chi connectivity index (χ1n) is 11.0. The first kappa shape index (κ1) is 20.0. The lowest BCUT2D eigenvalue weighted by atomic mass is 9.91. The van der Waals surface area contributed by atoms with Crippen LogP contribution >= 0.6 is 0 Å². The standard InChI is InChI=1S/C25H21FN2O5/c26-18-2-3-19-20(14-18)33-27-22(19)15-5-8-28(9-6-15)10-12-31-25-23-17(7-11-30-23)13-16-1-4-21(29)32-24(16)25/h1-4,7,11,13-15H,5-6,8-10,12H2. The van der Waals surface area contributed by atoms with Gasteiger partial charge in [-0.2, -0.15) is 0 Å². The van der Waals surface area contributed by atoms with Gasteiger partial charge in [0, 0.05) is 40.8 Å². The Balaban J connectivity index is 1.13. The summed E-state index contributed by atoms with van der Waals surface area (Å²) in [7, 11) is 0. The molecule has 2 aromatic carbocycles. The number of halogens is 1. The maximum atomic E-state index is 13.4. The van der Waals surface area contributed by atoms with E-state index in [2.05, 4.69) is 10.1 Å². The van der Waals surface area contributed by atoms with Crippen molar-refractivity contribution in [1.82, 2.24) is 10.1 Å². The molecule has 0 unspecified atom stereocenters. The summed E-state index contributed by atoms with van der Waals surface area (Å²) < 4.78 is 35.9. The van der Waals surface area contributed by atoms with Crippen molar-refractivity contribution >= 4 is 32.9 Å². The molecule has 1 aliphatic heterocycles. The van der Waals surface area contributed by atoms with E-state index in [1.54, 1.807) is 18.4 Å². The average molecular weight is 448 g/mol. The number of benzene rings is 2. The van der Waals surface area contributed by atoms with Crippen molar-refractivity contribution in [3.05, 3.63) is 70.7 Å². The van der Waals surface area contributed by atoms with Crippen LogP contribution in [0.1, 0.15) is 24.5 Å². The fourth-order valence-electron chi connectivity index (χ4n) is 4.67. The molecule has 168 valence electrons. The summed E-state index contributed by atoms with van der Waals surface area (Å²) in [4.78, 5) is 14.1. The van der Waals surface area contributed by atoms with E-state index in [9.17, 15) is 9.18 Å². The van der Waals surface area contributed by atoms with E-state index in [-0.39, 0.29) is 11.7 Å². The topological polar surface area (TPSA) is 81.9 Å². The van der Waals surface area contributed by atoms with Crippen LogP contribution in [0.2, 0.25) is 0 Å². The Morgan fingerprint density at radius 1 is 1.06 bits per heavy atom. The Labute approximate surface area is 187 Å². The summed E-state index contributed by atoms with van der Waals surface area (Å²) in [6, 6.07) is 11.5. The second-order valence-electron chi connectivity index (χ2n) is 8.39. The van der Waals surface area contributed by atoms with E-state index in [0.717, 1.165) is 54.3 Å². The van der Waals surface area contributed by atoms with Crippen molar-refractivity contribution in [2.45, 2.75) is 18.8 Å². The van der Waals surface area contributed by atoms with Gasteiger partial charge < -0.3 is 18.1 Å². The number of hydrogen-bond donors (Lipinski definition) is 0. The number of furan rings is 1. The van der Waals surface area contributed by atoms with Gasteiger partial charge in [0.15, 0.2) is 16.7 Å². The Hall–Kier alpha value is -3.65. The normalized spacial score (nSPS) is 15.7. The third kappa shape index (κ3) is 3.66. The summed E-state index contributed by atoms with van der Waals surface area (Å²) in [5.74, 6) is 0.419. The lowest BCUT2D eigenvalue weighted by Crippen LogP contribution is -2.36. The maximum Gasteiger partial charge on any atom is 0.336 e. The summed E-state index contributed by atoms with van der Waals surface area (Å²) in [5, 5.41) is 6.79. The molecule has 0 N–H and O–H groups in total. The molecule has 0 atom stereocenters. The number of piperidine rings is 1. The van der Waals surface area contributed by atoms with E-state index < -0.39 is 5.63 Å². The van der Waals surface area contributed by atoms with E-state index in [0.29, 0.717) is 29.1 Å². The van der Waals surface area contributed by atoms with Crippen LogP contribution in [0.3, 0.4) is 0 Å². The number of hydrogen-bond acceptors (Lipinski definition) is 7. The molecule has 6 rings (SSSR count). The highest BCUT2D eigenvalue weighted by Crippen LogP contribution is 2.35. The summed E-state index contributed by atoms with van der Waals surface area (Å²) in [6.45, 7) is 2.95. The molecule has 0 saturated carbocycles. The minimum absolute atomic E-state index is 0.281. The number of ether oxygens (including phenoxy) is 1. The minimum Gasteiger partial charge on any atom is -0.485 e. The van der Waals surface area contributed by atoms with Crippen LogP contribution in [0.15, 0.2) is 66.9 Å². The highest BCUT2D eigenvalue weighted by molar-refractivity contribution is 5.99. The highest BCUT2D eigenvalue weighted by atomic mass is 19.1. The van der Waals surface area contributed by atoms with Gasteiger partial charge in [0.1, 0.15) is 12.4 Å². The predicted octanol–water partition coefficient (Wildman–Crippen LogP) is 5.08. The van der Waals surface area contributed by atoms with Gasteiger partial charge in [0.2, 0.25) is 5.75 Å². The van der Waals surface area contributed by atoms with Gasteiger partial charge in [-0.3, -0.25) is 4.90 Å². The predicted molar refractivity (Wildman–Crippen MR) is 120 cm³/mol. The molecule has 4 heterocycles. The molecule has 1 aliphatic rings. The van der Waals surface area contributed by atoms with Crippen molar-refractivity contribution in [1.29, 1.82) is 0 Å². The van der Waals surface area contributed by atoms with Crippen LogP contribution in [0.4, 0.5) is 4.39 Å². The molecule has 0 radical (unpaired) electrons. The van der Waals surface area contributed by atoms with Crippen LogP contribution in [-0.2, 0) is 0 Å². The third-order valence-electron chi connectivity index (χ3n) is 6.37. The highest BCUT2D eigenvalue weighted by Gasteiger charge is 2.25. The smallest absolute Gasteiger partial charge is 0.336 e. The lowest BCUT2D eigenvalue weighted by Gasteiger charge is -2.31. The van der Waals surface area contributed by atoms with Gasteiger partial charge in [-0.05, 0) is 56.3 Å². The van der Waals surface area contributed by atoms with Crippen molar-refractivity contribution in [2.24, 2.45) is 0 Å². The van der Waals surface area contributed by atoms with Gasteiger partial charge in [0.25, 0.3) is 0 Å². The van der Waals surface area contributed by atoms with Gasteiger partial charge in [-0.15, -0.1) is 0 Å². The molecule has 5 aromatic rings. The van der Waals surface area contributed by atoms with Crippen molar-refractivity contribution in [3.8, 4) is 5.75 Å². The molecule has 0 bridgehead atoms. The molecule has 1 saturated heterocycles.